The molecule has 0 spiro atoms. The summed E-state index contributed by atoms with van der Waals surface area (Å²) < 4.78 is 10.5. The summed E-state index contributed by atoms with van der Waals surface area (Å²) in [6, 6.07) is 10.6. The fourth-order valence-electron chi connectivity index (χ4n) is 2.83. The van der Waals surface area contributed by atoms with Crippen molar-refractivity contribution in [1.82, 2.24) is 0 Å². The first-order chi connectivity index (χ1) is 13.7. The summed E-state index contributed by atoms with van der Waals surface area (Å²) in [5.41, 5.74) is 1.31. The van der Waals surface area contributed by atoms with Crippen LogP contribution in [0.15, 0.2) is 42.5 Å². The molecule has 5 atom stereocenters. The summed E-state index contributed by atoms with van der Waals surface area (Å²) in [5, 5.41) is 57.9. The molecule has 0 bridgehead atoms. The molecule has 1 fully saturated rings. The summed E-state index contributed by atoms with van der Waals surface area (Å²) in [6.07, 6.45) is -5.30. The van der Waals surface area contributed by atoms with E-state index in [-0.39, 0.29) is 17.2 Å². The van der Waals surface area contributed by atoms with Crippen LogP contribution in [0.5, 0.6) is 17.2 Å². The number of hydrogen-bond donors (Lipinski definition) is 6. The smallest absolute Gasteiger partial charge is 0.335 e. The Morgan fingerprint density at radius 2 is 1.52 bits per heavy atom. The van der Waals surface area contributed by atoms with E-state index in [1.165, 1.54) is 30.3 Å². The van der Waals surface area contributed by atoms with Crippen LogP contribution in [-0.2, 0) is 9.53 Å². The molecular formula is C20H20O9. The van der Waals surface area contributed by atoms with Gasteiger partial charge in [0.15, 0.2) is 6.10 Å². The molecule has 9 heteroatoms. The number of rotatable bonds is 5. The molecule has 0 aromatic heterocycles. The Morgan fingerprint density at radius 1 is 0.862 bits per heavy atom. The Kier molecular flexibility index (Phi) is 6.04. The van der Waals surface area contributed by atoms with E-state index in [1.807, 2.05) is 0 Å². The zero-order valence-electron chi connectivity index (χ0n) is 15.0. The molecule has 1 heterocycles. The second-order valence-electron chi connectivity index (χ2n) is 6.54. The molecular weight excluding hydrogens is 384 g/mol. The van der Waals surface area contributed by atoms with Crippen molar-refractivity contribution in [2.45, 2.75) is 30.7 Å². The monoisotopic (exact) mass is 404 g/mol. The highest BCUT2D eigenvalue weighted by molar-refractivity contribution is 5.73. The number of carboxylic acid groups (broad SMARTS) is 1. The van der Waals surface area contributed by atoms with Gasteiger partial charge in [0, 0.05) is 6.07 Å². The fourth-order valence-corrected chi connectivity index (χ4v) is 2.83. The second-order valence-corrected chi connectivity index (χ2v) is 6.54. The van der Waals surface area contributed by atoms with Gasteiger partial charge in [-0.1, -0.05) is 24.3 Å². The summed E-state index contributed by atoms with van der Waals surface area (Å²) in [5.74, 6) is -1.50. The summed E-state index contributed by atoms with van der Waals surface area (Å²) in [6.45, 7) is 0. The van der Waals surface area contributed by atoms with Crippen LogP contribution in [0, 0.1) is 0 Å². The fraction of sp³-hybridized carbons (Fsp3) is 0.250. The maximum absolute atomic E-state index is 11.2. The van der Waals surface area contributed by atoms with Crippen molar-refractivity contribution >= 4 is 18.1 Å². The third kappa shape index (κ3) is 4.84. The number of aliphatic carboxylic acids is 1. The predicted octanol–water partition coefficient (Wildman–Crippen LogP) is 0.539. The van der Waals surface area contributed by atoms with E-state index in [4.69, 9.17) is 14.6 Å². The lowest BCUT2D eigenvalue weighted by Gasteiger charge is -2.38. The van der Waals surface area contributed by atoms with Crippen LogP contribution in [-0.4, -0.2) is 67.3 Å². The number of phenols is 2. The van der Waals surface area contributed by atoms with Gasteiger partial charge in [0.1, 0.15) is 35.6 Å². The van der Waals surface area contributed by atoms with Crippen LogP contribution in [0.1, 0.15) is 11.1 Å². The van der Waals surface area contributed by atoms with E-state index in [0.717, 1.165) is 5.56 Å². The van der Waals surface area contributed by atoms with Gasteiger partial charge in [-0.05, 0) is 35.4 Å². The molecule has 2 aromatic rings. The highest BCUT2D eigenvalue weighted by Gasteiger charge is 2.48. The van der Waals surface area contributed by atoms with Crippen molar-refractivity contribution in [2.24, 2.45) is 0 Å². The van der Waals surface area contributed by atoms with Crippen LogP contribution in [0.4, 0.5) is 0 Å². The van der Waals surface area contributed by atoms with E-state index < -0.39 is 36.7 Å². The molecule has 0 radical (unpaired) electrons. The Bertz CT molecular complexity index is 893. The topological polar surface area (TPSA) is 157 Å². The Balaban J connectivity index is 1.78. The van der Waals surface area contributed by atoms with Crippen LogP contribution in [0.25, 0.3) is 12.2 Å². The minimum absolute atomic E-state index is 0.0483. The second kappa shape index (κ2) is 8.50. The van der Waals surface area contributed by atoms with E-state index in [0.29, 0.717) is 5.56 Å². The number of aromatic hydroxyl groups is 2. The van der Waals surface area contributed by atoms with Crippen molar-refractivity contribution in [1.29, 1.82) is 0 Å². The number of hydrogen-bond acceptors (Lipinski definition) is 8. The number of benzene rings is 2. The number of carboxylic acids is 1. The van der Waals surface area contributed by atoms with Crippen molar-refractivity contribution in [3.05, 3.63) is 53.6 Å². The molecule has 3 rings (SSSR count). The quantitative estimate of drug-likeness (QED) is 0.391. The number of carbonyl (C=O) groups is 1. The van der Waals surface area contributed by atoms with Gasteiger partial charge < -0.3 is 40.1 Å². The van der Waals surface area contributed by atoms with Gasteiger partial charge in [-0.25, -0.2) is 4.79 Å². The van der Waals surface area contributed by atoms with E-state index in [2.05, 4.69) is 0 Å². The van der Waals surface area contributed by atoms with Crippen molar-refractivity contribution in [3.63, 3.8) is 0 Å². The molecule has 1 aliphatic rings. The summed E-state index contributed by atoms with van der Waals surface area (Å²) in [4.78, 5) is 11.2. The first-order valence-electron chi connectivity index (χ1n) is 8.65. The van der Waals surface area contributed by atoms with Crippen molar-refractivity contribution in [2.75, 3.05) is 0 Å². The first-order valence-corrected chi connectivity index (χ1v) is 8.65. The van der Waals surface area contributed by atoms with E-state index >= 15 is 0 Å². The van der Waals surface area contributed by atoms with Crippen molar-refractivity contribution < 1.29 is 44.9 Å². The summed E-state index contributed by atoms with van der Waals surface area (Å²) >= 11 is 0. The maximum Gasteiger partial charge on any atom is 0.335 e. The molecule has 1 unspecified atom stereocenters. The molecule has 1 saturated heterocycles. The Labute approximate surface area is 165 Å². The largest absolute Gasteiger partial charge is 0.508 e. The summed E-state index contributed by atoms with van der Waals surface area (Å²) in [7, 11) is 0. The van der Waals surface area contributed by atoms with E-state index in [1.54, 1.807) is 24.3 Å². The molecule has 154 valence electrons. The molecule has 6 N–H and O–H groups in total. The van der Waals surface area contributed by atoms with Crippen LogP contribution in [0.2, 0.25) is 0 Å². The molecule has 0 amide bonds. The predicted molar refractivity (Wildman–Crippen MR) is 100 cm³/mol. The minimum Gasteiger partial charge on any atom is -0.508 e. The zero-order chi connectivity index (χ0) is 21.1. The Morgan fingerprint density at radius 3 is 2.17 bits per heavy atom. The highest BCUT2D eigenvalue weighted by atomic mass is 16.7. The van der Waals surface area contributed by atoms with Gasteiger partial charge >= 0.3 is 5.97 Å². The maximum atomic E-state index is 11.2. The zero-order valence-corrected chi connectivity index (χ0v) is 15.0. The lowest BCUT2D eigenvalue weighted by atomic mass is 9.99. The lowest BCUT2D eigenvalue weighted by Crippen LogP contribution is -2.61. The molecule has 9 nitrogen and oxygen atoms in total. The Hall–Kier alpha value is -3.11. The van der Waals surface area contributed by atoms with Gasteiger partial charge in [-0.2, -0.15) is 0 Å². The average molecular weight is 404 g/mol. The van der Waals surface area contributed by atoms with Gasteiger partial charge in [0.2, 0.25) is 6.29 Å². The number of aliphatic hydroxyl groups excluding tert-OH is 3. The van der Waals surface area contributed by atoms with Crippen LogP contribution < -0.4 is 4.74 Å². The number of phenolic OH excluding ortho intramolecular Hbond substituents is 2. The standard InChI is InChI=1S/C20H20O9/c21-12-5-3-10(4-6-12)1-2-11-7-13(22)9-14(8-11)28-20-17(25)15(23)16(24)18(29-20)19(26)27/h1-9,15-18,20-25H,(H,26,27)/b2-1-/t15-,16-,17-,18?,20+/m0/s1. The highest BCUT2D eigenvalue weighted by Crippen LogP contribution is 2.28. The number of aliphatic hydroxyl groups is 3. The normalized spacial score (nSPS) is 27.1. The molecule has 1 aliphatic heterocycles. The van der Waals surface area contributed by atoms with E-state index in [9.17, 15) is 30.3 Å². The molecule has 0 aliphatic carbocycles. The minimum atomic E-state index is -1.82. The van der Waals surface area contributed by atoms with Crippen LogP contribution >= 0.6 is 0 Å². The average Bonchev–Trinajstić information content (AvgIpc) is 2.67. The SMILES string of the molecule is O=C(O)C1O[C@@H](Oc2cc(O)cc(/C=C\c3ccc(O)cc3)c2)[C@@H](O)[C@@H](O)[C@@H]1O. The van der Waals surface area contributed by atoms with Gasteiger partial charge in [0.25, 0.3) is 0 Å². The third-order valence-electron chi connectivity index (χ3n) is 4.34. The molecule has 29 heavy (non-hydrogen) atoms. The third-order valence-corrected chi connectivity index (χ3v) is 4.34. The first kappa shape index (κ1) is 20.6. The lowest BCUT2D eigenvalue weighted by molar-refractivity contribution is -0.271. The molecule has 2 aromatic carbocycles. The number of ether oxygens (including phenoxy) is 2. The van der Waals surface area contributed by atoms with Crippen LogP contribution in [0.3, 0.4) is 0 Å². The molecule has 0 saturated carbocycles. The van der Waals surface area contributed by atoms with Gasteiger partial charge in [-0.3, -0.25) is 0 Å². The van der Waals surface area contributed by atoms with Gasteiger partial charge in [-0.15, -0.1) is 0 Å². The van der Waals surface area contributed by atoms with Crippen molar-refractivity contribution in [3.8, 4) is 17.2 Å². The van der Waals surface area contributed by atoms with Gasteiger partial charge in [0.05, 0.1) is 0 Å².